The molecule has 1 aliphatic rings. The highest BCUT2D eigenvalue weighted by Gasteiger charge is 2.17. The van der Waals surface area contributed by atoms with Crippen molar-refractivity contribution in [3.8, 4) is 0 Å². The van der Waals surface area contributed by atoms with Crippen molar-refractivity contribution in [1.82, 2.24) is 15.0 Å². The fourth-order valence-corrected chi connectivity index (χ4v) is 3.30. The van der Waals surface area contributed by atoms with Gasteiger partial charge in [-0.3, -0.25) is 4.79 Å². The Labute approximate surface area is 173 Å². The van der Waals surface area contributed by atoms with E-state index in [0.29, 0.717) is 12.5 Å². The number of nitrogens with zero attached hydrogens (tertiary/aromatic N) is 4. The molecule has 2 heterocycles. The molecule has 2 N–H and O–H groups in total. The second-order valence-corrected chi connectivity index (χ2v) is 6.87. The Morgan fingerprint density at radius 2 is 1.87 bits per heavy atom. The first-order chi connectivity index (χ1) is 14.6. The van der Waals surface area contributed by atoms with Crippen LogP contribution in [-0.2, 0) is 4.79 Å². The topological polar surface area (TPSA) is 83.0 Å². The number of carbonyl (C=O) groups excluding carboxylic acids is 1. The van der Waals surface area contributed by atoms with Gasteiger partial charge in [0.1, 0.15) is 6.33 Å². The van der Waals surface area contributed by atoms with Gasteiger partial charge in [0.05, 0.1) is 11.4 Å². The first-order valence-electron chi connectivity index (χ1n) is 9.62. The van der Waals surface area contributed by atoms with Crippen molar-refractivity contribution in [1.29, 1.82) is 0 Å². The third-order valence-corrected chi connectivity index (χ3v) is 4.75. The van der Waals surface area contributed by atoms with Gasteiger partial charge in [-0.15, -0.1) is 0 Å². The van der Waals surface area contributed by atoms with E-state index in [1.807, 2.05) is 23.1 Å². The molecule has 8 heteroatoms. The Hall–Kier alpha value is -3.81. The smallest absolute Gasteiger partial charge is 0.232 e. The van der Waals surface area contributed by atoms with Gasteiger partial charge in [-0.25, -0.2) is 14.4 Å². The van der Waals surface area contributed by atoms with E-state index in [2.05, 4.69) is 43.8 Å². The Morgan fingerprint density at radius 3 is 2.60 bits per heavy atom. The molecular formula is C22H21FN6O. The van der Waals surface area contributed by atoms with Gasteiger partial charge in [0.15, 0.2) is 5.82 Å². The third-order valence-electron chi connectivity index (χ3n) is 4.75. The van der Waals surface area contributed by atoms with Crippen LogP contribution in [0.25, 0.3) is 5.57 Å². The average molecular weight is 404 g/mol. The maximum atomic E-state index is 14.6. The largest absolute Gasteiger partial charge is 0.337 e. The number of rotatable bonds is 5. The van der Waals surface area contributed by atoms with E-state index in [9.17, 15) is 9.18 Å². The zero-order valence-electron chi connectivity index (χ0n) is 16.5. The van der Waals surface area contributed by atoms with Crippen LogP contribution in [0.2, 0.25) is 0 Å². The lowest BCUT2D eigenvalue weighted by molar-refractivity contribution is -0.114. The standard InChI is InChI=1S/C22H21FN6O/c1-15(30)26-18-8-5-9-19(20(18)23)27-21-24-14-25-22(28-21)29-12-10-17(11-13-29)16-6-3-2-4-7-16/h2-10,14H,11-13H2,1H3,(H,26,30)(H,24,25,27,28). The number of halogens is 1. The number of aromatic nitrogens is 3. The summed E-state index contributed by atoms with van der Waals surface area (Å²) in [5, 5.41) is 5.33. The van der Waals surface area contributed by atoms with E-state index >= 15 is 0 Å². The lowest BCUT2D eigenvalue weighted by Gasteiger charge is -2.26. The van der Waals surface area contributed by atoms with Crippen LogP contribution < -0.4 is 15.5 Å². The van der Waals surface area contributed by atoms with E-state index in [0.717, 1.165) is 13.0 Å². The van der Waals surface area contributed by atoms with Gasteiger partial charge in [0, 0.05) is 20.0 Å². The molecule has 0 fully saturated rings. The second kappa shape index (κ2) is 8.69. The summed E-state index contributed by atoms with van der Waals surface area (Å²) in [6.07, 6.45) is 4.45. The summed E-state index contributed by atoms with van der Waals surface area (Å²) in [6.45, 7) is 2.78. The lowest BCUT2D eigenvalue weighted by Crippen LogP contribution is -2.30. The fraction of sp³-hybridized carbons (Fsp3) is 0.182. The summed E-state index contributed by atoms with van der Waals surface area (Å²) in [5.74, 6) is -0.171. The summed E-state index contributed by atoms with van der Waals surface area (Å²) >= 11 is 0. The maximum absolute atomic E-state index is 14.6. The molecule has 3 aromatic rings. The monoisotopic (exact) mass is 404 g/mol. The highest BCUT2D eigenvalue weighted by molar-refractivity contribution is 5.89. The molecule has 7 nitrogen and oxygen atoms in total. The Bertz CT molecular complexity index is 1090. The van der Waals surface area contributed by atoms with Crippen LogP contribution in [0.15, 0.2) is 60.9 Å². The molecule has 4 rings (SSSR count). The molecule has 0 saturated carbocycles. The minimum absolute atomic E-state index is 0.0939. The minimum atomic E-state index is -0.580. The molecule has 0 unspecified atom stereocenters. The summed E-state index contributed by atoms with van der Waals surface area (Å²) in [7, 11) is 0. The Morgan fingerprint density at radius 1 is 1.07 bits per heavy atom. The van der Waals surface area contributed by atoms with Crippen molar-refractivity contribution in [3.05, 3.63) is 72.3 Å². The van der Waals surface area contributed by atoms with Crippen LogP contribution in [0.1, 0.15) is 18.9 Å². The molecule has 0 bridgehead atoms. The number of carbonyl (C=O) groups is 1. The predicted octanol–water partition coefficient (Wildman–Crippen LogP) is 4.01. The third kappa shape index (κ3) is 4.43. The molecule has 152 valence electrons. The van der Waals surface area contributed by atoms with E-state index < -0.39 is 5.82 Å². The van der Waals surface area contributed by atoms with Crippen LogP contribution in [0.4, 0.5) is 27.7 Å². The number of benzene rings is 2. The van der Waals surface area contributed by atoms with Gasteiger partial charge >= 0.3 is 0 Å². The number of hydrogen-bond donors (Lipinski definition) is 2. The van der Waals surface area contributed by atoms with Gasteiger partial charge in [0.2, 0.25) is 17.8 Å². The van der Waals surface area contributed by atoms with Crippen molar-refractivity contribution < 1.29 is 9.18 Å². The van der Waals surface area contributed by atoms with Gasteiger partial charge in [-0.05, 0) is 29.7 Å². The Kier molecular flexibility index (Phi) is 5.65. The molecule has 1 aromatic heterocycles. The Balaban J connectivity index is 1.49. The second-order valence-electron chi connectivity index (χ2n) is 6.87. The van der Waals surface area contributed by atoms with Crippen LogP contribution in [0, 0.1) is 5.82 Å². The van der Waals surface area contributed by atoms with Gasteiger partial charge in [-0.1, -0.05) is 42.5 Å². The summed E-state index contributed by atoms with van der Waals surface area (Å²) in [6, 6.07) is 15.0. The van der Waals surface area contributed by atoms with Crippen molar-refractivity contribution in [2.45, 2.75) is 13.3 Å². The maximum Gasteiger partial charge on any atom is 0.232 e. The predicted molar refractivity (Wildman–Crippen MR) is 115 cm³/mol. The van der Waals surface area contributed by atoms with Gasteiger partial charge in [0.25, 0.3) is 0 Å². The quantitative estimate of drug-likeness (QED) is 0.669. The fourth-order valence-electron chi connectivity index (χ4n) is 3.30. The molecule has 0 spiro atoms. The number of hydrogen-bond acceptors (Lipinski definition) is 6. The first kappa shape index (κ1) is 19.5. The van der Waals surface area contributed by atoms with E-state index in [1.54, 1.807) is 12.1 Å². The highest BCUT2D eigenvalue weighted by atomic mass is 19.1. The summed E-state index contributed by atoms with van der Waals surface area (Å²) < 4.78 is 14.6. The van der Waals surface area contributed by atoms with E-state index in [4.69, 9.17) is 0 Å². The molecule has 0 radical (unpaired) electrons. The lowest BCUT2D eigenvalue weighted by atomic mass is 10.00. The summed E-state index contributed by atoms with van der Waals surface area (Å²) in [4.78, 5) is 26.1. The zero-order valence-corrected chi connectivity index (χ0v) is 16.5. The zero-order chi connectivity index (χ0) is 20.9. The normalized spacial score (nSPS) is 13.5. The van der Waals surface area contributed by atoms with Gasteiger partial charge < -0.3 is 15.5 Å². The highest BCUT2D eigenvalue weighted by Crippen LogP contribution is 2.26. The van der Waals surface area contributed by atoms with E-state index in [1.165, 1.54) is 30.5 Å². The molecule has 2 aromatic carbocycles. The van der Waals surface area contributed by atoms with Crippen LogP contribution in [0.5, 0.6) is 0 Å². The van der Waals surface area contributed by atoms with Gasteiger partial charge in [-0.2, -0.15) is 4.98 Å². The molecule has 30 heavy (non-hydrogen) atoms. The first-order valence-corrected chi connectivity index (χ1v) is 9.62. The van der Waals surface area contributed by atoms with Crippen molar-refractivity contribution in [3.63, 3.8) is 0 Å². The van der Waals surface area contributed by atoms with Crippen LogP contribution in [-0.4, -0.2) is 33.9 Å². The molecule has 0 atom stereocenters. The van der Waals surface area contributed by atoms with E-state index in [-0.39, 0.29) is 23.2 Å². The number of amides is 1. The number of anilines is 4. The number of nitrogens with one attached hydrogen (secondary N) is 2. The molecular weight excluding hydrogens is 383 g/mol. The van der Waals surface area contributed by atoms with Crippen LogP contribution in [0.3, 0.4) is 0 Å². The minimum Gasteiger partial charge on any atom is -0.337 e. The molecule has 1 amide bonds. The van der Waals surface area contributed by atoms with Crippen molar-refractivity contribution in [2.75, 3.05) is 28.6 Å². The van der Waals surface area contributed by atoms with Crippen LogP contribution >= 0.6 is 0 Å². The molecule has 0 saturated heterocycles. The molecule has 0 aliphatic carbocycles. The van der Waals surface area contributed by atoms with Crippen molar-refractivity contribution >= 4 is 34.8 Å². The van der Waals surface area contributed by atoms with Crippen molar-refractivity contribution in [2.24, 2.45) is 0 Å². The SMILES string of the molecule is CC(=O)Nc1cccc(Nc2ncnc(N3CC=C(c4ccccc4)CC3)n2)c1F. The summed E-state index contributed by atoms with van der Waals surface area (Å²) in [5.41, 5.74) is 2.79. The molecule has 1 aliphatic heterocycles. The average Bonchev–Trinajstić information content (AvgIpc) is 2.77.